The molecule has 0 saturated heterocycles. The minimum atomic E-state index is -0.530. The van der Waals surface area contributed by atoms with Crippen LogP contribution in [-0.4, -0.2) is 24.7 Å². The number of nitro groups is 1. The number of aryl methyl sites for hydroxylation is 3. The fourth-order valence-corrected chi connectivity index (χ4v) is 1.93. The summed E-state index contributed by atoms with van der Waals surface area (Å²) >= 11 is 5.75. The van der Waals surface area contributed by atoms with Crippen molar-refractivity contribution in [2.75, 3.05) is 0 Å². The zero-order valence-corrected chi connectivity index (χ0v) is 10.8. The Balaban J connectivity index is 2.77. The van der Waals surface area contributed by atoms with Crippen LogP contribution >= 0.6 is 11.6 Å². The van der Waals surface area contributed by atoms with E-state index in [1.165, 1.54) is 11.6 Å². The van der Waals surface area contributed by atoms with E-state index in [1.54, 1.807) is 19.9 Å². The molecule has 94 valence electrons. The molecule has 2 heterocycles. The molecule has 0 aromatic carbocycles. The van der Waals surface area contributed by atoms with E-state index >= 15 is 0 Å². The van der Waals surface area contributed by atoms with Crippen molar-refractivity contribution in [3.05, 3.63) is 38.5 Å². The van der Waals surface area contributed by atoms with Crippen LogP contribution in [0.4, 0.5) is 5.69 Å². The van der Waals surface area contributed by atoms with Crippen molar-refractivity contribution < 1.29 is 4.92 Å². The molecule has 8 heteroatoms. The molecule has 0 radical (unpaired) electrons. The molecule has 0 fully saturated rings. The molecule has 0 amide bonds. The van der Waals surface area contributed by atoms with Crippen molar-refractivity contribution in [3.8, 4) is 5.82 Å². The van der Waals surface area contributed by atoms with E-state index < -0.39 is 4.92 Å². The van der Waals surface area contributed by atoms with Gasteiger partial charge in [-0.1, -0.05) is 0 Å². The normalized spacial score (nSPS) is 10.7. The largest absolute Gasteiger partial charge is 0.334 e. The molecule has 2 rings (SSSR count). The van der Waals surface area contributed by atoms with Gasteiger partial charge in [-0.05, 0) is 38.4 Å². The minimum absolute atomic E-state index is 0.0411. The van der Waals surface area contributed by atoms with Crippen LogP contribution in [0.25, 0.3) is 5.82 Å². The summed E-state index contributed by atoms with van der Waals surface area (Å²) in [6, 6.07) is 1.80. The Labute approximate surface area is 108 Å². The molecule has 0 saturated carbocycles. The number of aromatic nitrogens is 4. The van der Waals surface area contributed by atoms with E-state index in [2.05, 4.69) is 15.1 Å². The van der Waals surface area contributed by atoms with Crippen LogP contribution in [0.15, 0.2) is 6.07 Å². The lowest BCUT2D eigenvalue weighted by Crippen LogP contribution is -2.09. The van der Waals surface area contributed by atoms with Gasteiger partial charge < -0.3 is 0 Å². The standard InChI is InChI=1S/C10H10ClN5O2/c1-5-4-6(2)15(14-5)9-8(16(17)18)7(3)12-10(11)13-9/h4H,1-3H3. The fraction of sp³-hybridized carbons (Fsp3) is 0.300. The van der Waals surface area contributed by atoms with Gasteiger partial charge in [0.25, 0.3) is 0 Å². The van der Waals surface area contributed by atoms with Gasteiger partial charge in [-0.2, -0.15) is 10.1 Å². The summed E-state index contributed by atoms with van der Waals surface area (Å²) in [5.74, 6) is 0.0862. The molecule has 0 bridgehead atoms. The highest BCUT2D eigenvalue weighted by Gasteiger charge is 2.24. The summed E-state index contributed by atoms with van der Waals surface area (Å²) in [6.45, 7) is 5.10. The van der Waals surface area contributed by atoms with E-state index in [0.29, 0.717) is 0 Å². The molecular formula is C10H10ClN5O2. The molecule has 0 aliphatic carbocycles. The molecular weight excluding hydrogens is 258 g/mol. The van der Waals surface area contributed by atoms with Crippen LogP contribution in [0.2, 0.25) is 5.28 Å². The third-order valence-electron chi connectivity index (χ3n) is 2.41. The third-order valence-corrected chi connectivity index (χ3v) is 2.57. The van der Waals surface area contributed by atoms with Crippen LogP contribution in [0.1, 0.15) is 17.1 Å². The molecule has 18 heavy (non-hydrogen) atoms. The number of hydrogen-bond donors (Lipinski definition) is 0. The van der Waals surface area contributed by atoms with Gasteiger partial charge in [-0.25, -0.2) is 9.67 Å². The summed E-state index contributed by atoms with van der Waals surface area (Å²) in [4.78, 5) is 18.3. The summed E-state index contributed by atoms with van der Waals surface area (Å²) in [5, 5.41) is 15.2. The van der Waals surface area contributed by atoms with Gasteiger partial charge in [0, 0.05) is 5.69 Å². The van der Waals surface area contributed by atoms with Crippen molar-refractivity contribution in [1.82, 2.24) is 19.7 Å². The molecule has 7 nitrogen and oxygen atoms in total. The molecule has 2 aromatic rings. The summed E-state index contributed by atoms with van der Waals surface area (Å²) in [7, 11) is 0. The predicted molar refractivity (Wildman–Crippen MR) is 65.0 cm³/mol. The quantitative estimate of drug-likeness (QED) is 0.473. The van der Waals surface area contributed by atoms with Crippen molar-refractivity contribution in [1.29, 1.82) is 0 Å². The molecule has 0 unspecified atom stereocenters. The minimum Gasteiger partial charge on any atom is -0.258 e. The average molecular weight is 268 g/mol. The maximum atomic E-state index is 11.1. The van der Waals surface area contributed by atoms with Crippen LogP contribution in [0, 0.1) is 30.9 Å². The van der Waals surface area contributed by atoms with E-state index in [4.69, 9.17) is 11.6 Å². The van der Waals surface area contributed by atoms with Crippen LogP contribution < -0.4 is 0 Å². The Kier molecular flexibility index (Phi) is 3.00. The van der Waals surface area contributed by atoms with Crippen LogP contribution in [0.3, 0.4) is 0 Å². The van der Waals surface area contributed by atoms with Crippen molar-refractivity contribution >= 4 is 17.3 Å². The maximum Gasteiger partial charge on any atom is 0.334 e. The molecule has 0 N–H and O–H groups in total. The van der Waals surface area contributed by atoms with E-state index in [-0.39, 0.29) is 22.5 Å². The summed E-state index contributed by atoms with van der Waals surface area (Å²) < 4.78 is 1.40. The predicted octanol–water partition coefficient (Wildman–Crippen LogP) is 2.15. The summed E-state index contributed by atoms with van der Waals surface area (Å²) in [6.07, 6.45) is 0. The Bertz CT molecular complexity index is 637. The van der Waals surface area contributed by atoms with Crippen molar-refractivity contribution in [3.63, 3.8) is 0 Å². The third kappa shape index (κ3) is 2.04. The van der Waals surface area contributed by atoms with E-state index in [1.807, 2.05) is 0 Å². The molecule has 0 spiro atoms. The second-order valence-electron chi connectivity index (χ2n) is 3.85. The Hall–Kier alpha value is -2.02. The average Bonchev–Trinajstić information content (AvgIpc) is 2.55. The number of nitrogens with zero attached hydrogens (tertiary/aromatic N) is 5. The van der Waals surface area contributed by atoms with Crippen molar-refractivity contribution in [2.24, 2.45) is 0 Å². The highest BCUT2D eigenvalue weighted by molar-refractivity contribution is 6.28. The Morgan fingerprint density at radius 1 is 1.33 bits per heavy atom. The van der Waals surface area contributed by atoms with Crippen LogP contribution in [-0.2, 0) is 0 Å². The van der Waals surface area contributed by atoms with Gasteiger partial charge in [-0.3, -0.25) is 10.1 Å². The second-order valence-corrected chi connectivity index (χ2v) is 4.18. The topological polar surface area (TPSA) is 86.7 Å². The first-order valence-corrected chi connectivity index (χ1v) is 5.50. The lowest BCUT2D eigenvalue weighted by molar-refractivity contribution is -0.385. The van der Waals surface area contributed by atoms with Gasteiger partial charge in [0.05, 0.1) is 10.6 Å². The zero-order valence-electron chi connectivity index (χ0n) is 10.0. The molecule has 0 aliphatic heterocycles. The SMILES string of the molecule is Cc1cc(C)n(-c2nc(Cl)nc(C)c2[N+](=O)[O-])n1. The molecule has 0 aliphatic rings. The molecule has 2 aromatic heterocycles. The van der Waals surface area contributed by atoms with E-state index in [9.17, 15) is 10.1 Å². The first kappa shape index (κ1) is 12.4. The lowest BCUT2D eigenvalue weighted by Gasteiger charge is -2.06. The highest BCUT2D eigenvalue weighted by Crippen LogP contribution is 2.26. The number of halogens is 1. The van der Waals surface area contributed by atoms with Gasteiger partial charge in [0.1, 0.15) is 5.69 Å². The van der Waals surface area contributed by atoms with Gasteiger partial charge in [-0.15, -0.1) is 0 Å². The van der Waals surface area contributed by atoms with Gasteiger partial charge in [0.2, 0.25) is 11.1 Å². The molecule has 0 atom stereocenters. The summed E-state index contributed by atoms with van der Waals surface area (Å²) in [5.41, 5.74) is 1.51. The van der Waals surface area contributed by atoms with E-state index in [0.717, 1.165) is 11.4 Å². The van der Waals surface area contributed by atoms with Gasteiger partial charge >= 0.3 is 5.69 Å². The van der Waals surface area contributed by atoms with Crippen molar-refractivity contribution in [2.45, 2.75) is 20.8 Å². The number of hydrogen-bond acceptors (Lipinski definition) is 5. The first-order chi connectivity index (χ1) is 8.40. The maximum absolute atomic E-state index is 11.1. The fourth-order valence-electron chi connectivity index (χ4n) is 1.72. The first-order valence-electron chi connectivity index (χ1n) is 5.12. The Morgan fingerprint density at radius 2 is 2.00 bits per heavy atom. The smallest absolute Gasteiger partial charge is 0.258 e. The lowest BCUT2D eigenvalue weighted by atomic mass is 10.3. The zero-order chi connectivity index (χ0) is 13.4. The van der Waals surface area contributed by atoms with Gasteiger partial charge in [0.15, 0.2) is 0 Å². The monoisotopic (exact) mass is 267 g/mol. The highest BCUT2D eigenvalue weighted by atomic mass is 35.5. The second kappa shape index (κ2) is 4.34. The van der Waals surface area contributed by atoms with Crippen LogP contribution in [0.5, 0.6) is 0 Å². The number of rotatable bonds is 2. The Morgan fingerprint density at radius 3 is 2.50 bits per heavy atom.